The molecule has 0 spiro atoms. The first-order valence-corrected chi connectivity index (χ1v) is 4.26. The van der Waals surface area contributed by atoms with Crippen molar-refractivity contribution < 1.29 is 0 Å². The molecular weight excluding hydrogens is 176 g/mol. The van der Waals surface area contributed by atoms with E-state index in [2.05, 4.69) is 25.8 Å². The van der Waals surface area contributed by atoms with Crippen LogP contribution in [-0.2, 0) is 0 Å². The summed E-state index contributed by atoms with van der Waals surface area (Å²) in [6, 6.07) is 0. The van der Waals surface area contributed by atoms with Gasteiger partial charge in [0, 0.05) is 6.20 Å². The molecule has 0 radical (unpaired) electrons. The molecule has 1 atom stereocenters. The molecule has 2 aromatic rings. The summed E-state index contributed by atoms with van der Waals surface area (Å²) < 4.78 is 1.73. The fourth-order valence-corrected chi connectivity index (χ4v) is 1.78. The van der Waals surface area contributed by atoms with E-state index in [1.807, 2.05) is 6.20 Å². The highest BCUT2D eigenvalue weighted by atomic mass is 32.1. The molecule has 1 aliphatic rings. The Balaban J connectivity index is 2.02. The molecule has 0 bridgehead atoms. The van der Waals surface area contributed by atoms with E-state index in [-0.39, 0.29) is 6.17 Å². The third-order valence-electron chi connectivity index (χ3n) is 1.72. The molecule has 7 heteroatoms. The Kier molecular flexibility index (Phi) is 1.01. The third-order valence-corrected chi connectivity index (χ3v) is 2.55. The summed E-state index contributed by atoms with van der Waals surface area (Å²) in [6.07, 6.45) is 1.90. The Labute approximate surface area is 71.2 Å². The van der Waals surface area contributed by atoms with Crippen molar-refractivity contribution in [1.82, 2.24) is 25.2 Å². The molecule has 0 saturated carbocycles. The van der Waals surface area contributed by atoms with Crippen molar-refractivity contribution in [3.8, 4) is 0 Å². The number of thiazole rings is 1. The van der Waals surface area contributed by atoms with Crippen molar-refractivity contribution in [2.45, 2.75) is 6.17 Å². The Morgan fingerprint density at radius 1 is 1.58 bits per heavy atom. The number of rotatable bonds is 1. The molecule has 0 saturated heterocycles. The minimum atomic E-state index is 0.0856. The van der Waals surface area contributed by atoms with Gasteiger partial charge in [-0.15, -0.1) is 11.3 Å². The van der Waals surface area contributed by atoms with Gasteiger partial charge in [0.05, 0.1) is 10.4 Å². The minimum Gasteiger partial charge on any atom is -0.326 e. The van der Waals surface area contributed by atoms with Gasteiger partial charge in [0.1, 0.15) is 0 Å². The topological polar surface area (TPSA) is 68.5 Å². The van der Waals surface area contributed by atoms with Gasteiger partial charge in [-0.1, -0.05) is 5.10 Å². The van der Waals surface area contributed by atoms with E-state index in [0.717, 1.165) is 4.88 Å². The van der Waals surface area contributed by atoms with E-state index in [1.165, 1.54) is 0 Å². The van der Waals surface area contributed by atoms with E-state index in [0.29, 0.717) is 5.95 Å². The summed E-state index contributed by atoms with van der Waals surface area (Å²) in [5.41, 5.74) is 1.79. The van der Waals surface area contributed by atoms with E-state index < -0.39 is 0 Å². The first-order valence-electron chi connectivity index (χ1n) is 3.38. The van der Waals surface area contributed by atoms with Crippen molar-refractivity contribution >= 4 is 17.3 Å². The molecule has 1 aliphatic heterocycles. The lowest BCUT2D eigenvalue weighted by Gasteiger charge is -2.26. The van der Waals surface area contributed by atoms with Crippen molar-refractivity contribution in [2.75, 3.05) is 5.32 Å². The highest BCUT2D eigenvalue weighted by molar-refractivity contribution is 7.09. The number of aromatic nitrogens is 5. The fraction of sp³-hybridized carbons (Fsp3) is 0.200. The molecular formula is C5H4N6S. The number of fused-ring (bicyclic) bond motifs is 1. The molecule has 0 aliphatic carbocycles. The minimum absolute atomic E-state index is 0.0856. The Morgan fingerprint density at radius 2 is 2.58 bits per heavy atom. The molecule has 1 unspecified atom stereocenters. The second-order valence-corrected chi connectivity index (χ2v) is 3.32. The van der Waals surface area contributed by atoms with Crippen molar-refractivity contribution in [1.29, 1.82) is 0 Å². The van der Waals surface area contributed by atoms with Crippen molar-refractivity contribution in [2.24, 2.45) is 0 Å². The van der Waals surface area contributed by atoms with E-state index in [1.54, 1.807) is 21.5 Å². The molecule has 2 aromatic heterocycles. The Hall–Kier alpha value is -1.50. The average Bonchev–Trinajstić information content (AvgIpc) is 2.62. The third kappa shape index (κ3) is 0.632. The van der Waals surface area contributed by atoms with Crippen LogP contribution in [0.1, 0.15) is 11.0 Å². The number of anilines is 1. The van der Waals surface area contributed by atoms with Gasteiger partial charge in [-0.3, -0.25) is 4.98 Å². The zero-order valence-electron chi connectivity index (χ0n) is 5.88. The second-order valence-electron chi connectivity index (χ2n) is 2.40. The molecule has 60 valence electrons. The summed E-state index contributed by atoms with van der Waals surface area (Å²) in [4.78, 5) is 5.10. The van der Waals surface area contributed by atoms with Gasteiger partial charge in [0.25, 0.3) is 0 Å². The van der Waals surface area contributed by atoms with Crippen LogP contribution in [0, 0.1) is 0 Å². The number of nitrogens with zero attached hydrogens (tertiary/aromatic N) is 5. The zero-order valence-corrected chi connectivity index (χ0v) is 6.69. The van der Waals surface area contributed by atoms with Gasteiger partial charge >= 0.3 is 0 Å². The largest absolute Gasteiger partial charge is 0.326 e. The van der Waals surface area contributed by atoms with Crippen LogP contribution in [0.4, 0.5) is 5.95 Å². The highest BCUT2D eigenvalue weighted by Gasteiger charge is 2.30. The van der Waals surface area contributed by atoms with Gasteiger partial charge in [-0.25, -0.2) is 0 Å². The van der Waals surface area contributed by atoms with Crippen molar-refractivity contribution in [3.05, 3.63) is 16.6 Å². The second kappa shape index (κ2) is 2.01. The maximum absolute atomic E-state index is 3.98. The van der Waals surface area contributed by atoms with Crippen LogP contribution in [0.3, 0.4) is 0 Å². The molecule has 0 aromatic carbocycles. The van der Waals surface area contributed by atoms with E-state index in [9.17, 15) is 0 Å². The van der Waals surface area contributed by atoms with Gasteiger partial charge in [-0.2, -0.15) is 4.68 Å². The van der Waals surface area contributed by atoms with Crippen LogP contribution >= 0.6 is 11.3 Å². The SMILES string of the molecule is c1ncc(C2Nc3nnnn32)s1. The molecule has 0 amide bonds. The molecule has 3 rings (SSSR count). The quantitative estimate of drug-likeness (QED) is 0.674. The number of tetrazole rings is 1. The first kappa shape index (κ1) is 6.06. The zero-order chi connectivity index (χ0) is 7.97. The molecule has 12 heavy (non-hydrogen) atoms. The molecule has 1 N–H and O–H groups in total. The number of hydrogen-bond acceptors (Lipinski definition) is 6. The fourth-order valence-electron chi connectivity index (χ4n) is 1.13. The lowest BCUT2D eigenvalue weighted by Crippen LogP contribution is -2.31. The molecule has 6 nitrogen and oxygen atoms in total. The van der Waals surface area contributed by atoms with Crippen molar-refractivity contribution in [3.63, 3.8) is 0 Å². The average molecular weight is 180 g/mol. The van der Waals surface area contributed by atoms with Crippen LogP contribution < -0.4 is 5.32 Å². The summed E-state index contributed by atoms with van der Waals surface area (Å²) in [7, 11) is 0. The van der Waals surface area contributed by atoms with Crippen LogP contribution in [0.15, 0.2) is 11.7 Å². The molecule has 3 heterocycles. The Morgan fingerprint density at radius 3 is 3.33 bits per heavy atom. The summed E-state index contributed by atoms with van der Waals surface area (Å²) in [5.74, 6) is 0.716. The predicted octanol–water partition coefficient (Wildman–Crippen LogP) is 0.102. The maximum atomic E-state index is 3.98. The van der Waals surface area contributed by atoms with Crippen LogP contribution in [0.2, 0.25) is 0 Å². The normalized spacial score (nSPS) is 19.5. The van der Waals surface area contributed by atoms with Gasteiger partial charge in [-0.05, 0) is 10.4 Å². The van der Waals surface area contributed by atoms with Crippen LogP contribution in [0.25, 0.3) is 0 Å². The lowest BCUT2D eigenvalue weighted by molar-refractivity contribution is 0.504. The molecule has 0 fully saturated rings. The van der Waals surface area contributed by atoms with Gasteiger partial charge in [0.15, 0.2) is 6.17 Å². The van der Waals surface area contributed by atoms with Gasteiger partial charge < -0.3 is 5.32 Å². The predicted molar refractivity (Wildman–Crippen MR) is 41.7 cm³/mol. The van der Waals surface area contributed by atoms with E-state index in [4.69, 9.17) is 0 Å². The summed E-state index contributed by atoms with van der Waals surface area (Å²) in [6.45, 7) is 0. The van der Waals surface area contributed by atoms with Crippen LogP contribution in [0.5, 0.6) is 0 Å². The maximum Gasteiger partial charge on any atom is 0.247 e. The lowest BCUT2D eigenvalue weighted by atomic mass is 10.3. The van der Waals surface area contributed by atoms with E-state index >= 15 is 0 Å². The summed E-state index contributed by atoms with van der Waals surface area (Å²) >= 11 is 1.58. The van der Waals surface area contributed by atoms with Gasteiger partial charge in [0.2, 0.25) is 5.95 Å². The first-order chi connectivity index (χ1) is 5.95. The summed E-state index contributed by atoms with van der Waals surface area (Å²) in [5, 5.41) is 14.2. The number of nitrogens with one attached hydrogen (secondary N) is 1. The van der Waals surface area contributed by atoms with Crippen LogP contribution in [-0.4, -0.2) is 25.2 Å². The monoisotopic (exact) mass is 180 g/mol. The standard InChI is InChI=1S/C5H4N6S/c1-3(12-2-6-1)4-7-5-8-9-10-11(4)5/h1-2,4H,(H,7,8,10). The smallest absolute Gasteiger partial charge is 0.247 e. The highest BCUT2D eigenvalue weighted by Crippen LogP contribution is 2.30. The number of hydrogen-bond donors (Lipinski definition) is 1. The Bertz CT molecular complexity index is 392.